The molecule has 0 aliphatic carbocycles. The summed E-state index contributed by atoms with van der Waals surface area (Å²) >= 11 is 0. The lowest BCUT2D eigenvalue weighted by molar-refractivity contribution is 0.0833. The first-order chi connectivity index (χ1) is 11.7. The number of hydrogen-bond acceptors (Lipinski definition) is 3. The number of benzene rings is 1. The Morgan fingerprint density at radius 2 is 2.04 bits per heavy atom. The van der Waals surface area contributed by atoms with Crippen molar-refractivity contribution in [2.24, 2.45) is 0 Å². The van der Waals surface area contributed by atoms with Gasteiger partial charge in [0.15, 0.2) is 0 Å². The monoisotopic (exact) mass is 332 g/mol. The molecule has 0 radical (unpaired) electrons. The third kappa shape index (κ3) is 6.91. The Balaban J connectivity index is 1.75. The zero-order valence-electron chi connectivity index (χ0n) is 15.2. The summed E-state index contributed by atoms with van der Waals surface area (Å²) < 4.78 is 5.50. The van der Waals surface area contributed by atoms with Gasteiger partial charge >= 0.3 is 6.09 Å². The molecule has 0 unspecified atom stereocenters. The molecule has 1 aliphatic rings. The van der Waals surface area contributed by atoms with E-state index in [4.69, 9.17) is 4.74 Å². The van der Waals surface area contributed by atoms with Crippen molar-refractivity contribution in [3.05, 3.63) is 29.8 Å². The number of carbonyl (C=O) groups is 1. The predicted molar refractivity (Wildman–Crippen MR) is 99.5 cm³/mol. The highest BCUT2D eigenvalue weighted by atomic mass is 16.6. The van der Waals surface area contributed by atoms with Crippen molar-refractivity contribution in [3.8, 4) is 0 Å². The van der Waals surface area contributed by atoms with Crippen LogP contribution >= 0.6 is 0 Å². The highest BCUT2D eigenvalue weighted by molar-refractivity contribution is 5.84. The van der Waals surface area contributed by atoms with Gasteiger partial charge in [0.1, 0.15) is 6.10 Å². The van der Waals surface area contributed by atoms with Gasteiger partial charge in [-0.3, -0.25) is 10.2 Å². The third-order valence-electron chi connectivity index (χ3n) is 4.51. The lowest BCUT2D eigenvalue weighted by Crippen LogP contribution is -2.37. The van der Waals surface area contributed by atoms with Gasteiger partial charge in [0.05, 0.1) is 0 Å². The molecule has 1 N–H and O–H groups in total. The molecule has 1 saturated heterocycles. The second-order valence-electron chi connectivity index (χ2n) is 6.86. The fraction of sp³-hybridized carbons (Fsp3) is 0.650. The minimum absolute atomic E-state index is 0.0872. The summed E-state index contributed by atoms with van der Waals surface area (Å²) in [6.45, 7) is 7.24. The highest BCUT2D eigenvalue weighted by Gasteiger charge is 2.16. The average molecular weight is 332 g/mol. The summed E-state index contributed by atoms with van der Waals surface area (Å²) in [4.78, 5) is 14.5. The van der Waals surface area contributed by atoms with E-state index < -0.39 is 0 Å². The second-order valence-corrected chi connectivity index (χ2v) is 6.86. The van der Waals surface area contributed by atoms with E-state index in [0.717, 1.165) is 31.7 Å². The molecule has 4 nitrogen and oxygen atoms in total. The number of amides is 1. The Labute approximate surface area is 146 Å². The van der Waals surface area contributed by atoms with Gasteiger partial charge in [0.25, 0.3) is 0 Å². The molecule has 1 amide bonds. The molecule has 1 aromatic carbocycles. The third-order valence-corrected chi connectivity index (χ3v) is 4.51. The van der Waals surface area contributed by atoms with Crippen LogP contribution in [0.25, 0.3) is 0 Å². The number of aryl methyl sites for hydroxylation is 1. The maximum absolute atomic E-state index is 12.1. The van der Waals surface area contributed by atoms with Gasteiger partial charge in [-0.2, -0.15) is 0 Å². The molecule has 0 aromatic heterocycles. The Kier molecular flexibility index (Phi) is 8.10. The number of unbranched alkanes of at least 4 members (excludes halogenated alkanes) is 2. The largest absolute Gasteiger partial charge is 0.445 e. The molecule has 0 saturated carbocycles. The van der Waals surface area contributed by atoms with Crippen molar-refractivity contribution in [1.82, 2.24) is 4.90 Å². The Hall–Kier alpha value is -1.55. The molecule has 1 fully saturated rings. The number of nitrogens with zero attached hydrogens (tertiary/aromatic N) is 1. The van der Waals surface area contributed by atoms with Crippen LogP contribution in [0.4, 0.5) is 10.5 Å². The van der Waals surface area contributed by atoms with E-state index in [9.17, 15) is 4.79 Å². The molecule has 4 heteroatoms. The molecule has 1 atom stereocenters. The second kappa shape index (κ2) is 10.3. The number of hydrogen-bond donors (Lipinski definition) is 1. The number of carbonyl (C=O) groups excluding carboxylic acids is 1. The molecular weight excluding hydrogens is 300 g/mol. The van der Waals surface area contributed by atoms with E-state index in [1.165, 1.54) is 44.1 Å². The molecule has 2 rings (SSSR count). The van der Waals surface area contributed by atoms with Crippen LogP contribution in [0.2, 0.25) is 0 Å². The zero-order valence-corrected chi connectivity index (χ0v) is 15.2. The van der Waals surface area contributed by atoms with E-state index in [1.54, 1.807) is 0 Å². The SMILES string of the molecule is CCCCCc1cccc(NC(=O)O[C@@H](C)CN2CCCCC2)c1. The number of ether oxygens (including phenoxy) is 1. The fourth-order valence-corrected chi connectivity index (χ4v) is 3.26. The van der Waals surface area contributed by atoms with Crippen molar-refractivity contribution in [2.45, 2.75) is 64.9 Å². The number of rotatable bonds is 8. The summed E-state index contributed by atoms with van der Waals surface area (Å²) in [5.74, 6) is 0. The summed E-state index contributed by atoms with van der Waals surface area (Å²) in [5.41, 5.74) is 2.08. The van der Waals surface area contributed by atoms with E-state index in [2.05, 4.69) is 23.2 Å². The number of likely N-dealkylation sites (tertiary alicyclic amines) is 1. The van der Waals surface area contributed by atoms with Crippen LogP contribution in [0.1, 0.15) is 57.9 Å². The number of nitrogens with one attached hydrogen (secondary N) is 1. The van der Waals surface area contributed by atoms with Crippen molar-refractivity contribution < 1.29 is 9.53 Å². The van der Waals surface area contributed by atoms with E-state index in [-0.39, 0.29) is 12.2 Å². The first-order valence-electron chi connectivity index (χ1n) is 9.46. The lowest BCUT2D eigenvalue weighted by Gasteiger charge is -2.28. The van der Waals surface area contributed by atoms with Crippen LogP contribution in [-0.2, 0) is 11.2 Å². The van der Waals surface area contributed by atoms with Crippen LogP contribution in [0.15, 0.2) is 24.3 Å². The van der Waals surface area contributed by atoms with Crippen molar-refractivity contribution in [1.29, 1.82) is 0 Å². The Bertz CT molecular complexity index is 498. The maximum Gasteiger partial charge on any atom is 0.411 e. The maximum atomic E-state index is 12.1. The van der Waals surface area contributed by atoms with Gasteiger partial charge in [-0.15, -0.1) is 0 Å². The lowest BCUT2D eigenvalue weighted by atomic mass is 10.1. The molecule has 24 heavy (non-hydrogen) atoms. The molecule has 1 aromatic rings. The standard InChI is InChI=1S/C20H32N2O2/c1-3-4-6-10-18-11-9-12-19(15-18)21-20(23)24-17(2)16-22-13-7-5-8-14-22/h9,11-12,15,17H,3-8,10,13-14,16H2,1-2H3,(H,21,23)/t17-/m0/s1. The van der Waals surface area contributed by atoms with E-state index in [1.807, 2.05) is 25.1 Å². The molecule has 0 bridgehead atoms. The molecular formula is C20H32N2O2. The van der Waals surface area contributed by atoms with Crippen molar-refractivity contribution >= 4 is 11.8 Å². The number of piperidine rings is 1. The van der Waals surface area contributed by atoms with Gasteiger partial charge in [0.2, 0.25) is 0 Å². The highest BCUT2D eigenvalue weighted by Crippen LogP contribution is 2.15. The minimum Gasteiger partial charge on any atom is -0.445 e. The van der Waals surface area contributed by atoms with Gasteiger partial charge in [-0.25, -0.2) is 4.79 Å². The summed E-state index contributed by atoms with van der Waals surface area (Å²) in [7, 11) is 0. The van der Waals surface area contributed by atoms with Crippen LogP contribution in [0.5, 0.6) is 0 Å². The van der Waals surface area contributed by atoms with Gasteiger partial charge in [-0.05, 0) is 63.4 Å². The Morgan fingerprint density at radius 3 is 2.79 bits per heavy atom. The summed E-state index contributed by atoms with van der Waals surface area (Å²) in [6, 6.07) is 8.07. The molecule has 0 spiro atoms. The van der Waals surface area contributed by atoms with Crippen LogP contribution in [0, 0.1) is 0 Å². The van der Waals surface area contributed by atoms with Gasteiger partial charge in [-0.1, -0.05) is 38.3 Å². The normalized spacial score (nSPS) is 16.6. The average Bonchev–Trinajstić information content (AvgIpc) is 2.56. The quantitative estimate of drug-likeness (QED) is 0.692. The smallest absolute Gasteiger partial charge is 0.411 e. The number of anilines is 1. The summed E-state index contributed by atoms with van der Waals surface area (Å²) in [5, 5.41) is 2.86. The van der Waals surface area contributed by atoms with Crippen LogP contribution in [0.3, 0.4) is 0 Å². The topological polar surface area (TPSA) is 41.6 Å². The van der Waals surface area contributed by atoms with Crippen LogP contribution < -0.4 is 5.32 Å². The first-order valence-corrected chi connectivity index (χ1v) is 9.46. The van der Waals surface area contributed by atoms with E-state index >= 15 is 0 Å². The van der Waals surface area contributed by atoms with Gasteiger partial charge < -0.3 is 4.74 Å². The molecule has 134 valence electrons. The zero-order chi connectivity index (χ0) is 17.2. The predicted octanol–water partition coefficient (Wildman–Crippen LogP) is 4.84. The van der Waals surface area contributed by atoms with Crippen LogP contribution in [-0.4, -0.2) is 36.7 Å². The van der Waals surface area contributed by atoms with Crippen molar-refractivity contribution in [3.63, 3.8) is 0 Å². The first kappa shape index (κ1) is 18.8. The van der Waals surface area contributed by atoms with Crippen molar-refractivity contribution in [2.75, 3.05) is 25.0 Å². The minimum atomic E-state index is -0.356. The molecule has 1 heterocycles. The van der Waals surface area contributed by atoms with Gasteiger partial charge in [0, 0.05) is 12.2 Å². The Morgan fingerprint density at radius 1 is 1.25 bits per heavy atom. The van der Waals surface area contributed by atoms with E-state index in [0.29, 0.717) is 0 Å². The molecule has 1 aliphatic heterocycles. The summed E-state index contributed by atoms with van der Waals surface area (Å²) in [6.07, 6.45) is 8.10. The fourth-order valence-electron chi connectivity index (χ4n) is 3.26.